The summed E-state index contributed by atoms with van der Waals surface area (Å²) in [4.78, 5) is 14.6. The molecule has 0 radical (unpaired) electrons. The number of nitrogens with zero attached hydrogens (tertiary/aromatic N) is 2. The lowest BCUT2D eigenvalue weighted by Crippen LogP contribution is -2.06. The predicted octanol–water partition coefficient (Wildman–Crippen LogP) is 3.38. The maximum atomic E-state index is 10.9. The number of hydrogen-bond donors (Lipinski definition) is 1. The molecule has 0 fully saturated rings. The van der Waals surface area contributed by atoms with E-state index in [4.69, 9.17) is 4.74 Å². The molecular formula is C13H21N3O3. The van der Waals surface area contributed by atoms with Crippen molar-refractivity contribution in [3.8, 4) is 5.88 Å². The standard InChI is InChI=1S/C13H21N3O3/c1-3-5-6-10-19-13-11(16(17)18)7-8-12(15-13)14-9-4-2/h7-8H,3-6,9-10H2,1-2H3,(H,14,15). The van der Waals surface area contributed by atoms with E-state index < -0.39 is 4.92 Å². The van der Waals surface area contributed by atoms with E-state index in [0.717, 1.165) is 32.2 Å². The fourth-order valence-electron chi connectivity index (χ4n) is 1.55. The van der Waals surface area contributed by atoms with Gasteiger partial charge in [0.1, 0.15) is 5.82 Å². The van der Waals surface area contributed by atoms with Crippen LogP contribution in [0.25, 0.3) is 0 Å². The summed E-state index contributed by atoms with van der Waals surface area (Å²) < 4.78 is 5.43. The van der Waals surface area contributed by atoms with Crippen LogP contribution in [0.3, 0.4) is 0 Å². The molecule has 6 heteroatoms. The molecule has 0 amide bonds. The van der Waals surface area contributed by atoms with E-state index in [-0.39, 0.29) is 11.6 Å². The van der Waals surface area contributed by atoms with Crippen molar-refractivity contribution in [2.75, 3.05) is 18.5 Å². The Morgan fingerprint density at radius 3 is 2.74 bits per heavy atom. The Bertz CT molecular complexity index is 410. The summed E-state index contributed by atoms with van der Waals surface area (Å²) in [6, 6.07) is 3.03. The molecule has 1 aromatic rings. The van der Waals surface area contributed by atoms with Crippen LogP contribution < -0.4 is 10.1 Å². The van der Waals surface area contributed by atoms with Gasteiger partial charge in [0.05, 0.1) is 11.5 Å². The molecule has 0 aliphatic heterocycles. The maximum Gasteiger partial charge on any atom is 0.331 e. The molecule has 1 heterocycles. The predicted molar refractivity (Wildman–Crippen MR) is 74.7 cm³/mol. The fourth-order valence-corrected chi connectivity index (χ4v) is 1.55. The lowest BCUT2D eigenvalue weighted by Gasteiger charge is -2.08. The molecule has 1 N–H and O–H groups in total. The first-order valence-electron chi connectivity index (χ1n) is 6.71. The van der Waals surface area contributed by atoms with Gasteiger partial charge >= 0.3 is 5.69 Å². The molecule has 0 aliphatic rings. The zero-order valence-corrected chi connectivity index (χ0v) is 11.5. The SMILES string of the molecule is CCCCCOc1nc(NCCC)ccc1[N+](=O)[O-]. The van der Waals surface area contributed by atoms with Gasteiger partial charge < -0.3 is 10.1 Å². The van der Waals surface area contributed by atoms with E-state index >= 15 is 0 Å². The number of anilines is 1. The molecule has 0 unspecified atom stereocenters. The van der Waals surface area contributed by atoms with Gasteiger partial charge in [0.2, 0.25) is 0 Å². The minimum absolute atomic E-state index is 0.0847. The summed E-state index contributed by atoms with van der Waals surface area (Å²) in [5.41, 5.74) is -0.0847. The molecule has 1 aromatic heterocycles. The van der Waals surface area contributed by atoms with Crippen molar-refractivity contribution < 1.29 is 9.66 Å². The molecule has 0 bridgehead atoms. The van der Waals surface area contributed by atoms with Gasteiger partial charge in [-0.25, -0.2) is 0 Å². The number of aromatic nitrogens is 1. The number of pyridine rings is 1. The first-order valence-corrected chi connectivity index (χ1v) is 6.71. The highest BCUT2D eigenvalue weighted by molar-refractivity contribution is 5.49. The fraction of sp³-hybridized carbons (Fsp3) is 0.615. The Morgan fingerprint density at radius 2 is 2.11 bits per heavy atom. The van der Waals surface area contributed by atoms with E-state index in [0.29, 0.717) is 12.4 Å². The quantitative estimate of drug-likeness (QED) is 0.421. The number of ether oxygens (including phenoxy) is 1. The second-order valence-electron chi connectivity index (χ2n) is 4.26. The number of unbranched alkanes of at least 4 members (excludes halogenated alkanes) is 2. The molecule has 0 atom stereocenters. The average molecular weight is 267 g/mol. The molecule has 0 saturated heterocycles. The maximum absolute atomic E-state index is 10.9. The summed E-state index contributed by atoms with van der Waals surface area (Å²) in [5, 5.41) is 14.0. The summed E-state index contributed by atoms with van der Waals surface area (Å²) in [6.07, 6.45) is 3.96. The summed E-state index contributed by atoms with van der Waals surface area (Å²) in [5.74, 6) is 0.708. The van der Waals surface area contributed by atoms with E-state index in [1.54, 1.807) is 6.07 Å². The Labute approximate surface area is 113 Å². The van der Waals surface area contributed by atoms with E-state index in [1.165, 1.54) is 6.07 Å². The topological polar surface area (TPSA) is 77.3 Å². The number of rotatable bonds is 9. The first-order chi connectivity index (χ1) is 9.19. The van der Waals surface area contributed by atoms with Crippen molar-refractivity contribution in [1.29, 1.82) is 0 Å². The molecule has 19 heavy (non-hydrogen) atoms. The highest BCUT2D eigenvalue weighted by atomic mass is 16.6. The zero-order valence-electron chi connectivity index (χ0n) is 11.5. The second-order valence-corrected chi connectivity index (χ2v) is 4.26. The molecule has 0 aromatic carbocycles. The normalized spacial score (nSPS) is 10.2. The third-order valence-corrected chi connectivity index (χ3v) is 2.58. The Hall–Kier alpha value is -1.85. The van der Waals surface area contributed by atoms with Crippen molar-refractivity contribution in [2.24, 2.45) is 0 Å². The number of nitrogens with one attached hydrogen (secondary N) is 1. The largest absolute Gasteiger partial charge is 0.473 e. The van der Waals surface area contributed by atoms with Crippen LogP contribution in [-0.4, -0.2) is 23.1 Å². The summed E-state index contributed by atoms with van der Waals surface area (Å²) in [6.45, 7) is 5.37. The average Bonchev–Trinajstić information content (AvgIpc) is 2.41. The molecule has 0 saturated carbocycles. The van der Waals surface area contributed by atoms with Crippen molar-refractivity contribution in [3.63, 3.8) is 0 Å². The summed E-state index contributed by atoms with van der Waals surface area (Å²) in [7, 11) is 0. The highest BCUT2D eigenvalue weighted by Crippen LogP contribution is 2.26. The summed E-state index contributed by atoms with van der Waals surface area (Å²) >= 11 is 0. The van der Waals surface area contributed by atoms with Gasteiger partial charge in [-0.15, -0.1) is 0 Å². The van der Waals surface area contributed by atoms with Gasteiger partial charge in [-0.1, -0.05) is 26.7 Å². The molecule has 106 valence electrons. The monoisotopic (exact) mass is 267 g/mol. The van der Waals surface area contributed by atoms with Crippen molar-refractivity contribution in [3.05, 3.63) is 22.2 Å². The van der Waals surface area contributed by atoms with Crippen molar-refractivity contribution >= 4 is 11.5 Å². The van der Waals surface area contributed by atoms with E-state index in [2.05, 4.69) is 17.2 Å². The van der Waals surface area contributed by atoms with Gasteiger partial charge in [0.15, 0.2) is 0 Å². The third kappa shape index (κ3) is 5.11. The second kappa shape index (κ2) is 8.29. The minimum Gasteiger partial charge on any atom is -0.473 e. The first kappa shape index (κ1) is 15.2. The van der Waals surface area contributed by atoms with Gasteiger partial charge in [0.25, 0.3) is 5.88 Å². The van der Waals surface area contributed by atoms with Crippen LogP contribution >= 0.6 is 0 Å². The molecule has 6 nitrogen and oxygen atoms in total. The van der Waals surface area contributed by atoms with Gasteiger partial charge in [-0.2, -0.15) is 4.98 Å². The van der Waals surface area contributed by atoms with Crippen LogP contribution in [0.5, 0.6) is 5.88 Å². The molecule has 0 aliphatic carbocycles. The highest BCUT2D eigenvalue weighted by Gasteiger charge is 2.17. The Kier molecular flexibility index (Phi) is 6.63. The third-order valence-electron chi connectivity index (χ3n) is 2.58. The lowest BCUT2D eigenvalue weighted by molar-refractivity contribution is -0.386. The van der Waals surface area contributed by atoms with E-state index in [9.17, 15) is 10.1 Å². The lowest BCUT2D eigenvalue weighted by atomic mass is 10.3. The molecular weight excluding hydrogens is 246 g/mol. The van der Waals surface area contributed by atoms with Crippen LogP contribution in [0.15, 0.2) is 12.1 Å². The molecule has 1 rings (SSSR count). The van der Waals surface area contributed by atoms with Gasteiger partial charge in [-0.05, 0) is 18.9 Å². The van der Waals surface area contributed by atoms with Crippen LogP contribution in [0.4, 0.5) is 11.5 Å². The molecule has 0 spiro atoms. The van der Waals surface area contributed by atoms with Crippen molar-refractivity contribution in [2.45, 2.75) is 39.5 Å². The number of hydrogen-bond acceptors (Lipinski definition) is 5. The Balaban J connectivity index is 2.74. The van der Waals surface area contributed by atoms with Crippen LogP contribution in [0, 0.1) is 10.1 Å². The Morgan fingerprint density at radius 1 is 1.32 bits per heavy atom. The van der Waals surface area contributed by atoms with Crippen LogP contribution in [0.2, 0.25) is 0 Å². The number of nitro groups is 1. The zero-order chi connectivity index (χ0) is 14.1. The van der Waals surface area contributed by atoms with E-state index in [1.807, 2.05) is 6.92 Å². The van der Waals surface area contributed by atoms with Crippen LogP contribution in [0.1, 0.15) is 39.5 Å². The van der Waals surface area contributed by atoms with Crippen molar-refractivity contribution in [1.82, 2.24) is 4.98 Å². The smallest absolute Gasteiger partial charge is 0.331 e. The van der Waals surface area contributed by atoms with Gasteiger partial charge in [-0.3, -0.25) is 10.1 Å². The minimum atomic E-state index is -0.467. The van der Waals surface area contributed by atoms with Crippen LogP contribution in [-0.2, 0) is 0 Å². The van der Waals surface area contributed by atoms with Gasteiger partial charge in [0, 0.05) is 12.6 Å².